The van der Waals surface area contributed by atoms with Gasteiger partial charge in [0, 0.05) is 11.3 Å². The average Bonchev–Trinajstić information content (AvgIpc) is 2.96. The highest BCUT2D eigenvalue weighted by molar-refractivity contribution is 6.08. The van der Waals surface area contributed by atoms with Crippen LogP contribution in [0.5, 0.6) is 5.75 Å². The molecular weight excluding hydrogens is 367 g/mol. The molecule has 2 N–H and O–H groups in total. The molecule has 0 atom stereocenters. The monoisotopic (exact) mass is 381 g/mol. The van der Waals surface area contributed by atoms with Crippen LogP contribution in [0.25, 0.3) is 22.8 Å². The molecule has 0 saturated heterocycles. The molecule has 28 heavy (non-hydrogen) atoms. The summed E-state index contributed by atoms with van der Waals surface area (Å²) >= 11 is 0. The van der Waals surface area contributed by atoms with Crippen molar-refractivity contribution < 1.29 is 23.1 Å². The number of alkyl halides is 3. The molecular formula is C22H14F3NO2. The van der Waals surface area contributed by atoms with Gasteiger partial charge in [-0.05, 0) is 52.1 Å². The molecule has 0 bridgehead atoms. The van der Waals surface area contributed by atoms with Crippen LogP contribution in [0, 0.1) is 0 Å². The van der Waals surface area contributed by atoms with Gasteiger partial charge in [0.15, 0.2) is 0 Å². The fourth-order valence-corrected chi connectivity index (χ4v) is 3.30. The second-order valence-corrected chi connectivity index (χ2v) is 6.37. The van der Waals surface area contributed by atoms with Gasteiger partial charge in [0.25, 0.3) is 0 Å². The van der Waals surface area contributed by atoms with E-state index in [0.29, 0.717) is 11.1 Å². The highest BCUT2D eigenvalue weighted by Gasteiger charge is 2.38. The standard InChI is InChI=1S/C22H14F3NO2/c23-22(24,25)21(28)26-14-9-10-17-15-6-2-3-7-16(15)18(19(17)12-14)11-13-5-1-4-8-20(13)27/h1-12,27H,(H,26,28). The van der Waals surface area contributed by atoms with Crippen molar-refractivity contribution in [2.45, 2.75) is 6.18 Å². The Kier molecular flexibility index (Phi) is 4.19. The van der Waals surface area contributed by atoms with Crippen LogP contribution in [-0.4, -0.2) is 17.2 Å². The molecule has 0 saturated carbocycles. The van der Waals surface area contributed by atoms with Crippen molar-refractivity contribution in [1.82, 2.24) is 0 Å². The van der Waals surface area contributed by atoms with Crippen LogP contribution in [0.2, 0.25) is 0 Å². The van der Waals surface area contributed by atoms with E-state index in [-0.39, 0.29) is 11.4 Å². The number of amides is 1. The number of rotatable bonds is 2. The minimum absolute atomic E-state index is 0.0528. The molecule has 0 fully saturated rings. The van der Waals surface area contributed by atoms with Crippen molar-refractivity contribution in [2.24, 2.45) is 0 Å². The molecule has 0 spiro atoms. The maximum Gasteiger partial charge on any atom is 0.471 e. The first-order chi connectivity index (χ1) is 13.3. The molecule has 140 valence electrons. The van der Waals surface area contributed by atoms with Crippen molar-refractivity contribution in [3.8, 4) is 16.9 Å². The molecule has 0 aromatic heterocycles. The number of hydrogen-bond acceptors (Lipinski definition) is 2. The van der Waals surface area contributed by atoms with Gasteiger partial charge in [-0.25, -0.2) is 0 Å². The lowest BCUT2D eigenvalue weighted by molar-refractivity contribution is -0.167. The Labute approximate surface area is 158 Å². The number of fused-ring (bicyclic) bond motifs is 3. The number of carbonyl (C=O) groups excluding carboxylic acids is 1. The van der Waals surface area contributed by atoms with Gasteiger partial charge in [-0.15, -0.1) is 0 Å². The van der Waals surface area contributed by atoms with Crippen LogP contribution in [-0.2, 0) is 4.79 Å². The van der Waals surface area contributed by atoms with Crippen LogP contribution < -0.4 is 5.32 Å². The van der Waals surface area contributed by atoms with E-state index in [9.17, 15) is 23.1 Å². The molecule has 0 aliphatic heterocycles. The van der Waals surface area contributed by atoms with Crippen LogP contribution in [0.15, 0.2) is 66.7 Å². The molecule has 3 nitrogen and oxygen atoms in total. The zero-order valence-corrected chi connectivity index (χ0v) is 14.4. The van der Waals surface area contributed by atoms with E-state index in [4.69, 9.17) is 0 Å². The Hall–Kier alpha value is -3.54. The molecule has 6 heteroatoms. The summed E-state index contributed by atoms with van der Waals surface area (Å²) in [6.07, 6.45) is -3.17. The van der Waals surface area contributed by atoms with Gasteiger partial charge in [-0.2, -0.15) is 13.2 Å². The van der Waals surface area contributed by atoms with Gasteiger partial charge in [-0.3, -0.25) is 4.79 Å². The Morgan fingerprint density at radius 1 is 0.857 bits per heavy atom. The fourth-order valence-electron chi connectivity index (χ4n) is 3.30. The third-order valence-corrected chi connectivity index (χ3v) is 4.57. The van der Waals surface area contributed by atoms with Crippen molar-refractivity contribution in [3.63, 3.8) is 0 Å². The molecule has 0 radical (unpaired) electrons. The largest absolute Gasteiger partial charge is 0.507 e. The highest BCUT2D eigenvalue weighted by Crippen LogP contribution is 2.46. The quantitative estimate of drug-likeness (QED) is 0.484. The van der Waals surface area contributed by atoms with Crippen LogP contribution >= 0.6 is 0 Å². The van der Waals surface area contributed by atoms with Gasteiger partial charge in [0.05, 0.1) is 0 Å². The summed E-state index contributed by atoms with van der Waals surface area (Å²) in [7, 11) is 0. The minimum atomic E-state index is -4.96. The molecule has 0 heterocycles. The number of benzene rings is 3. The van der Waals surface area contributed by atoms with Crippen molar-refractivity contribution in [2.75, 3.05) is 5.32 Å². The zero-order valence-electron chi connectivity index (χ0n) is 14.4. The molecule has 1 aliphatic carbocycles. The lowest BCUT2D eigenvalue weighted by Gasteiger charge is -2.10. The first-order valence-electron chi connectivity index (χ1n) is 8.46. The molecule has 1 aliphatic rings. The maximum absolute atomic E-state index is 12.6. The summed E-state index contributed by atoms with van der Waals surface area (Å²) in [6, 6.07) is 19.0. The number of hydrogen-bond donors (Lipinski definition) is 2. The number of halogens is 3. The van der Waals surface area contributed by atoms with Crippen LogP contribution in [0.4, 0.5) is 18.9 Å². The predicted octanol–water partition coefficient (Wildman–Crippen LogP) is 5.46. The molecule has 3 aromatic carbocycles. The molecule has 4 rings (SSSR count). The van der Waals surface area contributed by atoms with E-state index < -0.39 is 12.1 Å². The average molecular weight is 381 g/mol. The smallest absolute Gasteiger partial charge is 0.471 e. The minimum Gasteiger partial charge on any atom is -0.507 e. The van der Waals surface area contributed by atoms with Gasteiger partial charge in [0.2, 0.25) is 0 Å². The van der Waals surface area contributed by atoms with E-state index in [1.165, 1.54) is 12.1 Å². The number of para-hydroxylation sites is 1. The summed E-state index contributed by atoms with van der Waals surface area (Å²) in [5, 5.41) is 12.0. The van der Waals surface area contributed by atoms with E-state index in [2.05, 4.69) is 0 Å². The summed E-state index contributed by atoms with van der Waals surface area (Å²) < 4.78 is 37.7. The number of nitrogens with one attached hydrogen (secondary N) is 1. The third kappa shape index (κ3) is 3.13. The van der Waals surface area contributed by atoms with Gasteiger partial charge in [0.1, 0.15) is 5.75 Å². The predicted molar refractivity (Wildman–Crippen MR) is 102 cm³/mol. The Bertz CT molecular complexity index is 1120. The SMILES string of the molecule is O=C(Nc1ccc2c(c1)C(=Cc1ccccc1O)c1ccccc1-2)C(F)(F)F. The lowest BCUT2D eigenvalue weighted by Crippen LogP contribution is -2.29. The summed E-state index contributed by atoms with van der Waals surface area (Å²) in [6.45, 7) is 0. The maximum atomic E-state index is 12.6. The van der Waals surface area contributed by atoms with Crippen molar-refractivity contribution in [3.05, 3.63) is 83.4 Å². The molecule has 3 aromatic rings. The number of aromatic hydroxyl groups is 1. The zero-order chi connectivity index (χ0) is 19.9. The second kappa shape index (κ2) is 6.56. The van der Waals surface area contributed by atoms with E-state index >= 15 is 0 Å². The van der Waals surface area contributed by atoms with Crippen molar-refractivity contribution in [1.29, 1.82) is 0 Å². The summed E-state index contributed by atoms with van der Waals surface area (Å²) in [5.41, 5.74) is 4.77. The second-order valence-electron chi connectivity index (χ2n) is 6.37. The normalized spacial score (nSPS) is 13.9. The van der Waals surface area contributed by atoms with Crippen LogP contribution in [0.1, 0.15) is 16.7 Å². The highest BCUT2D eigenvalue weighted by atomic mass is 19.4. The van der Waals surface area contributed by atoms with Gasteiger partial charge >= 0.3 is 12.1 Å². The van der Waals surface area contributed by atoms with E-state index in [1.54, 1.807) is 36.4 Å². The fraction of sp³-hybridized carbons (Fsp3) is 0.0455. The Morgan fingerprint density at radius 2 is 1.50 bits per heavy atom. The number of carbonyl (C=O) groups is 1. The first kappa shape index (κ1) is 17.9. The topological polar surface area (TPSA) is 49.3 Å². The van der Waals surface area contributed by atoms with E-state index in [0.717, 1.165) is 22.3 Å². The number of phenolic OH excluding ortho intramolecular Hbond substituents is 1. The lowest BCUT2D eigenvalue weighted by atomic mass is 10.0. The summed E-state index contributed by atoms with van der Waals surface area (Å²) in [5.74, 6) is -1.92. The van der Waals surface area contributed by atoms with Gasteiger partial charge in [-0.1, -0.05) is 48.5 Å². The number of anilines is 1. The van der Waals surface area contributed by atoms with Gasteiger partial charge < -0.3 is 10.4 Å². The van der Waals surface area contributed by atoms with Crippen LogP contribution in [0.3, 0.4) is 0 Å². The first-order valence-corrected chi connectivity index (χ1v) is 8.46. The molecule has 1 amide bonds. The Morgan fingerprint density at radius 3 is 2.21 bits per heavy atom. The summed E-state index contributed by atoms with van der Waals surface area (Å²) in [4.78, 5) is 11.3. The Balaban J connectivity index is 1.84. The van der Waals surface area contributed by atoms with E-state index in [1.807, 2.05) is 29.6 Å². The third-order valence-electron chi connectivity index (χ3n) is 4.57. The van der Waals surface area contributed by atoms with Crippen molar-refractivity contribution >= 4 is 23.2 Å². The molecule has 0 unspecified atom stereocenters. The number of phenols is 1.